The number of para-hydroxylation sites is 2. The predicted octanol–water partition coefficient (Wildman–Crippen LogP) is 2.45. The molecule has 160 valence electrons. The molecule has 0 fully saturated rings. The van der Waals surface area contributed by atoms with Gasteiger partial charge in [-0.2, -0.15) is 0 Å². The van der Waals surface area contributed by atoms with E-state index in [1.54, 1.807) is 43.0 Å². The standard InChI is InChI=1S/C23H23N3O5/c1-23(2)22(30)25(18-10-6-5-9-17(18)24-23)13-14-31-19(27)11-12-26-20(28)15-7-3-4-8-16(15)21(26)29/h3-10,24H,11-14H2,1-2H3. The zero-order valence-electron chi connectivity index (χ0n) is 17.4. The van der Waals surface area contributed by atoms with Crippen molar-refractivity contribution in [3.8, 4) is 0 Å². The van der Waals surface area contributed by atoms with Crippen LogP contribution in [-0.4, -0.2) is 53.8 Å². The minimum Gasteiger partial charge on any atom is -0.464 e. The van der Waals surface area contributed by atoms with Crippen molar-refractivity contribution in [1.82, 2.24) is 4.90 Å². The molecule has 2 heterocycles. The minimum atomic E-state index is -0.774. The summed E-state index contributed by atoms with van der Waals surface area (Å²) in [4.78, 5) is 52.4. The molecule has 2 aliphatic rings. The summed E-state index contributed by atoms with van der Waals surface area (Å²) >= 11 is 0. The fraction of sp³-hybridized carbons (Fsp3) is 0.304. The Bertz CT molecular complexity index is 1040. The van der Waals surface area contributed by atoms with Crippen LogP contribution >= 0.6 is 0 Å². The van der Waals surface area contributed by atoms with E-state index in [-0.39, 0.29) is 32.0 Å². The maximum Gasteiger partial charge on any atom is 0.307 e. The van der Waals surface area contributed by atoms with Crippen LogP contribution in [0.4, 0.5) is 11.4 Å². The SMILES string of the molecule is CC1(C)Nc2ccccc2N(CCOC(=O)CCN2C(=O)c3ccccc3C2=O)C1=O. The zero-order valence-corrected chi connectivity index (χ0v) is 17.4. The maximum atomic E-state index is 12.8. The summed E-state index contributed by atoms with van der Waals surface area (Å²) in [5.41, 5.74) is 1.49. The summed E-state index contributed by atoms with van der Waals surface area (Å²) in [6, 6.07) is 14.0. The van der Waals surface area contributed by atoms with Gasteiger partial charge in [-0.15, -0.1) is 0 Å². The lowest BCUT2D eigenvalue weighted by atomic mass is 9.98. The molecule has 0 unspecified atom stereocenters. The number of nitrogens with zero attached hydrogens (tertiary/aromatic N) is 2. The van der Waals surface area contributed by atoms with Crippen molar-refractivity contribution in [2.75, 3.05) is 29.9 Å². The molecule has 0 saturated heterocycles. The Morgan fingerprint density at radius 3 is 2.19 bits per heavy atom. The monoisotopic (exact) mass is 421 g/mol. The van der Waals surface area contributed by atoms with Gasteiger partial charge in [0.05, 0.1) is 35.5 Å². The largest absolute Gasteiger partial charge is 0.464 e. The molecule has 0 aromatic heterocycles. The Hall–Kier alpha value is -3.68. The lowest BCUT2D eigenvalue weighted by molar-refractivity contribution is -0.143. The minimum absolute atomic E-state index is 0.0110. The van der Waals surface area contributed by atoms with Crippen LogP contribution in [0.3, 0.4) is 0 Å². The van der Waals surface area contributed by atoms with Gasteiger partial charge < -0.3 is 15.0 Å². The van der Waals surface area contributed by atoms with Crippen molar-refractivity contribution in [3.05, 3.63) is 59.7 Å². The van der Waals surface area contributed by atoms with Crippen molar-refractivity contribution in [3.63, 3.8) is 0 Å². The second kappa shape index (κ2) is 7.86. The van der Waals surface area contributed by atoms with Crippen LogP contribution in [0.25, 0.3) is 0 Å². The third-order valence-corrected chi connectivity index (χ3v) is 5.42. The summed E-state index contributed by atoms with van der Waals surface area (Å²) in [6.07, 6.45) is -0.108. The number of nitrogens with one attached hydrogen (secondary N) is 1. The number of hydrogen-bond donors (Lipinski definition) is 1. The van der Waals surface area contributed by atoms with Crippen molar-refractivity contribution in [2.24, 2.45) is 0 Å². The van der Waals surface area contributed by atoms with E-state index in [1.807, 2.05) is 24.3 Å². The fourth-order valence-corrected chi connectivity index (χ4v) is 3.84. The van der Waals surface area contributed by atoms with Gasteiger partial charge in [0.1, 0.15) is 12.1 Å². The molecule has 2 aliphatic heterocycles. The first-order valence-electron chi connectivity index (χ1n) is 10.1. The number of fused-ring (bicyclic) bond motifs is 2. The summed E-state index contributed by atoms with van der Waals surface area (Å²) < 4.78 is 5.28. The Labute approximate surface area is 179 Å². The first-order valence-corrected chi connectivity index (χ1v) is 10.1. The number of anilines is 2. The van der Waals surface area contributed by atoms with Crippen LogP contribution in [-0.2, 0) is 14.3 Å². The van der Waals surface area contributed by atoms with Gasteiger partial charge in [0.25, 0.3) is 17.7 Å². The second-order valence-electron chi connectivity index (χ2n) is 8.00. The number of hydrogen-bond acceptors (Lipinski definition) is 6. The van der Waals surface area contributed by atoms with E-state index >= 15 is 0 Å². The number of imide groups is 1. The average molecular weight is 421 g/mol. The van der Waals surface area contributed by atoms with Gasteiger partial charge in [0.15, 0.2) is 0 Å². The zero-order chi connectivity index (χ0) is 22.2. The van der Waals surface area contributed by atoms with E-state index < -0.39 is 23.3 Å². The molecule has 0 bridgehead atoms. The third kappa shape index (κ3) is 3.76. The molecular weight excluding hydrogens is 398 g/mol. The lowest BCUT2D eigenvalue weighted by Crippen LogP contribution is -2.54. The normalized spacial score (nSPS) is 16.6. The third-order valence-electron chi connectivity index (χ3n) is 5.42. The van der Waals surface area contributed by atoms with Crippen LogP contribution in [0, 0.1) is 0 Å². The van der Waals surface area contributed by atoms with Crippen LogP contribution in [0.1, 0.15) is 41.0 Å². The average Bonchev–Trinajstić information content (AvgIpc) is 2.99. The number of carbonyl (C=O) groups is 4. The molecule has 2 aromatic rings. The summed E-state index contributed by atoms with van der Waals surface area (Å²) in [6.45, 7) is 3.77. The van der Waals surface area contributed by atoms with E-state index in [4.69, 9.17) is 4.74 Å². The molecule has 0 atom stereocenters. The molecule has 1 N–H and O–H groups in total. The first kappa shape index (κ1) is 20.6. The molecule has 2 aromatic carbocycles. The summed E-state index contributed by atoms with van der Waals surface area (Å²) in [5.74, 6) is -1.46. The Morgan fingerprint density at radius 2 is 1.52 bits per heavy atom. The van der Waals surface area contributed by atoms with Crippen molar-refractivity contribution in [1.29, 1.82) is 0 Å². The van der Waals surface area contributed by atoms with Gasteiger partial charge in [-0.05, 0) is 38.1 Å². The molecule has 31 heavy (non-hydrogen) atoms. The smallest absolute Gasteiger partial charge is 0.307 e. The van der Waals surface area contributed by atoms with Crippen molar-refractivity contribution in [2.45, 2.75) is 25.8 Å². The van der Waals surface area contributed by atoms with E-state index in [9.17, 15) is 19.2 Å². The number of benzene rings is 2. The highest BCUT2D eigenvalue weighted by Crippen LogP contribution is 2.34. The Balaban J connectivity index is 1.32. The highest BCUT2D eigenvalue weighted by atomic mass is 16.5. The number of amides is 3. The van der Waals surface area contributed by atoms with E-state index in [1.165, 1.54) is 0 Å². The van der Waals surface area contributed by atoms with Crippen LogP contribution in [0.5, 0.6) is 0 Å². The highest BCUT2D eigenvalue weighted by molar-refractivity contribution is 6.21. The molecule has 0 radical (unpaired) electrons. The molecule has 8 heteroatoms. The number of carbonyl (C=O) groups excluding carboxylic acids is 4. The predicted molar refractivity (Wildman–Crippen MR) is 114 cm³/mol. The van der Waals surface area contributed by atoms with Crippen LogP contribution in [0.15, 0.2) is 48.5 Å². The van der Waals surface area contributed by atoms with Crippen molar-refractivity contribution < 1.29 is 23.9 Å². The van der Waals surface area contributed by atoms with Crippen LogP contribution < -0.4 is 10.2 Å². The Kier molecular flexibility index (Phi) is 5.22. The Morgan fingerprint density at radius 1 is 0.903 bits per heavy atom. The van der Waals surface area contributed by atoms with E-state index in [2.05, 4.69) is 5.32 Å². The molecule has 0 saturated carbocycles. The number of esters is 1. The van der Waals surface area contributed by atoms with Gasteiger partial charge in [-0.25, -0.2) is 0 Å². The second-order valence-corrected chi connectivity index (χ2v) is 8.00. The first-order chi connectivity index (χ1) is 14.8. The van der Waals surface area contributed by atoms with Gasteiger partial charge in [0, 0.05) is 6.54 Å². The molecule has 3 amide bonds. The van der Waals surface area contributed by atoms with Gasteiger partial charge in [0.2, 0.25) is 0 Å². The number of ether oxygens (including phenoxy) is 1. The van der Waals surface area contributed by atoms with Gasteiger partial charge >= 0.3 is 5.97 Å². The topological polar surface area (TPSA) is 96.0 Å². The fourth-order valence-electron chi connectivity index (χ4n) is 3.84. The molecule has 0 spiro atoms. The maximum absolute atomic E-state index is 12.8. The molecule has 0 aliphatic carbocycles. The summed E-state index contributed by atoms with van der Waals surface area (Å²) in [7, 11) is 0. The van der Waals surface area contributed by atoms with E-state index in [0.717, 1.165) is 16.3 Å². The summed E-state index contributed by atoms with van der Waals surface area (Å²) in [5, 5.41) is 3.21. The lowest BCUT2D eigenvalue weighted by Gasteiger charge is -2.39. The van der Waals surface area contributed by atoms with Gasteiger partial charge in [-0.3, -0.25) is 24.1 Å². The molecular formula is C23H23N3O5. The van der Waals surface area contributed by atoms with Crippen LogP contribution in [0.2, 0.25) is 0 Å². The van der Waals surface area contributed by atoms with Crippen molar-refractivity contribution >= 4 is 35.1 Å². The quantitative estimate of drug-likeness (QED) is 0.569. The number of rotatable bonds is 6. The van der Waals surface area contributed by atoms with Gasteiger partial charge in [-0.1, -0.05) is 24.3 Å². The van der Waals surface area contributed by atoms with E-state index in [0.29, 0.717) is 11.1 Å². The highest BCUT2D eigenvalue weighted by Gasteiger charge is 2.38. The molecule has 4 rings (SSSR count). The molecule has 8 nitrogen and oxygen atoms in total.